The lowest BCUT2D eigenvalue weighted by atomic mass is 9.84. The Bertz CT molecular complexity index is 1460. The number of carbonyl (C=O) groups excluding carboxylic acids is 4. The molecule has 54 heavy (non-hydrogen) atoms. The fraction of sp³-hybridized carbons (Fsp3) is 0.696. The summed E-state index contributed by atoms with van der Waals surface area (Å²) < 4.78 is 1.01. The number of benzene rings is 2. The minimum Gasteiger partial charge on any atom is -0.274 e. The quantitative estimate of drug-likeness (QED) is 0.0630. The summed E-state index contributed by atoms with van der Waals surface area (Å²) in [6, 6.07) is 3.46. The van der Waals surface area contributed by atoms with E-state index in [0.717, 1.165) is 64.2 Å². The van der Waals surface area contributed by atoms with Crippen LogP contribution in [-0.4, -0.2) is 46.5 Å². The molecule has 300 valence electrons. The molecule has 2 aromatic carbocycles. The van der Waals surface area contributed by atoms with Crippen LogP contribution in [0.1, 0.15) is 223 Å². The smallest absolute Gasteiger partial charge is 0.262 e. The Morgan fingerprint density at radius 1 is 0.426 bits per heavy atom. The fourth-order valence-corrected chi connectivity index (χ4v) is 9.91. The number of rotatable bonds is 28. The summed E-state index contributed by atoms with van der Waals surface area (Å²) in [5.74, 6) is -0.873. The second-order valence-electron chi connectivity index (χ2n) is 16.3. The predicted molar refractivity (Wildman–Crippen MR) is 231 cm³/mol. The van der Waals surface area contributed by atoms with Gasteiger partial charge in [0.15, 0.2) is 0 Å². The summed E-state index contributed by atoms with van der Waals surface area (Å²) in [7, 11) is 0. The van der Waals surface area contributed by atoms with Gasteiger partial charge in [0.25, 0.3) is 23.6 Å². The third kappa shape index (κ3) is 11.5. The van der Waals surface area contributed by atoms with Crippen LogP contribution in [0.2, 0.25) is 0 Å². The second kappa shape index (κ2) is 23.2. The number of hydrogen-bond acceptors (Lipinski definition) is 4. The Hall–Kier alpha value is -2.06. The van der Waals surface area contributed by atoms with Crippen molar-refractivity contribution in [2.45, 2.75) is 182 Å². The Kier molecular flexibility index (Phi) is 19.2. The van der Waals surface area contributed by atoms with E-state index in [9.17, 15) is 19.2 Å². The standard InChI is InChI=1S/C46H68Br2N2O4/c1-5-9-13-17-19-23-27-33(25-21-15-11-7-3)31-49-43(51)35-29-38(48)42-40-36(30-37(47)41(39(35)40)45(49)53)44(52)50(46(42)54)32-34(26-22-16-12-8-4)28-24-20-18-14-10-6-2/h29-30,33-34H,5-28,31-32H2,1-4H3. The molecule has 6 nitrogen and oxygen atoms in total. The zero-order chi connectivity index (χ0) is 39.0. The van der Waals surface area contributed by atoms with Crippen LogP contribution in [0.25, 0.3) is 10.8 Å². The number of nitrogens with zero attached hydrogens (tertiary/aromatic N) is 2. The molecule has 0 fully saturated rings. The van der Waals surface area contributed by atoms with E-state index in [-0.39, 0.29) is 35.5 Å². The molecule has 0 N–H and O–H groups in total. The first-order chi connectivity index (χ1) is 26.2. The molecule has 2 atom stereocenters. The van der Waals surface area contributed by atoms with Crippen LogP contribution < -0.4 is 0 Å². The molecule has 0 saturated heterocycles. The SMILES string of the molecule is CCCCCCCCC(CCCCCC)CN1C(=O)c2cc(Br)c3c4c(cc(Br)c(c24)C1=O)C(=O)N(CC(CCCCCC)CCCCCCCC)C3=O. The summed E-state index contributed by atoms with van der Waals surface area (Å²) in [4.78, 5) is 60.4. The van der Waals surface area contributed by atoms with Gasteiger partial charge in [-0.1, -0.05) is 156 Å². The molecule has 0 aliphatic carbocycles. The van der Waals surface area contributed by atoms with E-state index in [1.165, 1.54) is 99.7 Å². The fourth-order valence-electron chi connectivity index (χ4n) is 8.72. The van der Waals surface area contributed by atoms with Crippen molar-refractivity contribution in [1.29, 1.82) is 0 Å². The molecule has 2 unspecified atom stereocenters. The van der Waals surface area contributed by atoms with Gasteiger partial charge in [0, 0.05) is 43.9 Å². The summed E-state index contributed by atoms with van der Waals surface area (Å²) in [6.45, 7) is 9.66. The van der Waals surface area contributed by atoms with Gasteiger partial charge in [-0.25, -0.2) is 0 Å². The monoisotopic (exact) mass is 870 g/mol. The van der Waals surface area contributed by atoms with Gasteiger partial charge in [-0.2, -0.15) is 0 Å². The van der Waals surface area contributed by atoms with Crippen molar-refractivity contribution in [2.24, 2.45) is 11.8 Å². The molecule has 0 saturated carbocycles. The molecule has 2 aliphatic heterocycles. The molecular formula is C46H68Br2N2O4. The van der Waals surface area contributed by atoms with Gasteiger partial charge in [0.2, 0.25) is 0 Å². The number of unbranched alkanes of at least 4 members (excludes halogenated alkanes) is 16. The zero-order valence-electron chi connectivity index (χ0n) is 34.0. The number of carbonyl (C=O) groups is 4. The van der Waals surface area contributed by atoms with Crippen molar-refractivity contribution in [3.05, 3.63) is 43.3 Å². The van der Waals surface area contributed by atoms with Crippen LogP contribution in [0.3, 0.4) is 0 Å². The van der Waals surface area contributed by atoms with Crippen LogP contribution in [0, 0.1) is 11.8 Å². The summed E-state index contributed by atoms with van der Waals surface area (Å²) in [5, 5.41) is 0.868. The lowest BCUT2D eigenvalue weighted by molar-refractivity contribution is 0.0555. The van der Waals surface area contributed by atoms with Gasteiger partial charge in [-0.3, -0.25) is 29.0 Å². The van der Waals surface area contributed by atoms with Gasteiger partial charge >= 0.3 is 0 Å². The Morgan fingerprint density at radius 2 is 0.704 bits per heavy atom. The molecule has 4 rings (SSSR count). The van der Waals surface area contributed by atoms with Crippen LogP contribution >= 0.6 is 31.9 Å². The molecule has 0 radical (unpaired) electrons. The molecular weight excluding hydrogens is 804 g/mol. The number of halogens is 2. The zero-order valence-corrected chi connectivity index (χ0v) is 37.1. The maximum atomic E-state index is 14.4. The number of hydrogen-bond donors (Lipinski definition) is 0. The second-order valence-corrected chi connectivity index (χ2v) is 18.0. The molecule has 2 heterocycles. The highest BCUT2D eigenvalue weighted by molar-refractivity contribution is 9.10. The van der Waals surface area contributed by atoms with Gasteiger partial charge in [0.05, 0.1) is 11.1 Å². The van der Waals surface area contributed by atoms with Crippen molar-refractivity contribution < 1.29 is 19.2 Å². The maximum absolute atomic E-state index is 14.4. The average Bonchev–Trinajstić information content (AvgIpc) is 3.15. The third-order valence-corrected chi connectivity index (χ3v) is 13.2. The van der Waals surface area contributed by atoms with E-state index in [1.807, 2.05) is 0 Å². The molecule has 8 heteroatoms. The summed E-state index contributed by atoms with van der Waals surface area (Å²) in [5.41, 5.74) is 1.53. The predicted octanol–water partition coefficient (Wildman–Crippen LogP) is 14.2. The van der Waals surface area contributed by atoms with E-state index >= 15 is 0 Å². The highest BCUT2D eigenvalue weighted by Crippen LogP contribution is 2.44. The van der Waals surface area contributed by atoms with Crippen LogP contribution in [0.4, 0.5) is 0 Å². The molecule has 0 aromatic heterocycles. The lowest BCUT2D eigenvalue weighted by Crippen LogP contribution is -2.46. The summed E-state index contributed by atoms with van der Waals surface area (Å²) in [6.07, 6.45) is 27.7. The minimum absolute atomic E-state index is 0.237. The van der Waals surface area contributed by atoms with E-state index in [2.05, 4.69) is 59.6 Å². The third-order valence-electron chi connectivity index (χ3n) is 11.9. The first-order valence-corrected chi connectivity index (χ1v) is 23.5. The van der Waals surface area contributed by atoms with Crippen molar-refractivity contribution in [3.8, 4) is 0 Å². The van der Waals surface area contributed by atoms with E-state index in [1.54, 1.807) is 12.1 Å². The Labute approximate surface area is 343 Å². The lowest BCUT2D eigenvalue weighted by Gasteiger charge is -2.35. The van der Waals surface area contributed by atoms with Crippen LogP contribution in [-0.2, 0) is 0 Å². The largest absolute Gasteiger partial charge is 0.274 e. The molecule has 4 amide bonds. The van der Waals surface area contributed by atoms with E-state index < -0.39 is 0 Å². The number of imide groups is 2. The van der Waals surface area contributed by atoms with E-state index in [4.69, 9.17) is 0 Å². The van der Waals surface area contributed by atoms with Crippen molar-refractivity contribution >= 4 is 66.3 Å². The van der Waals surface area contributed by atoms with Crippen LogP contribution in [0.15, 0.2) is 21.1 Å². The molecule has 0 bridgehead atoms. The normalized spacial score (nSPS) is 15.2. The highest BCUT2D eigenvalue weighted by atomic mass is 79.9. The molecule has 2 aromatic rings. The Morgan fingerprint density at radius 3 is 1.02 bits per heavy atom. The maximum Gasteiger partial charge on any atom is 0.262 e. The first-order valence-electron chi connectivity index (χ1n) is 21.9. The van der Waals surface area contributed by atoms with Gasteiger partial charge in [-0.15, -0.1) is 0 Å². The van der Waals surface area contributed by atoms with Crippen molar-refractivity contribution in [2.75, 3.05) is 13.1 Å². The van der Waals surface area contributed by atoms with Gasteiger partial charge < -0.3 is 0 Å². The average molecular weight is 873 g/mol. The summed E-state index contributed by atoms with van der Waals surface area (Å²) >= 11 is 7.37. The topological polar surface area (TPSA) is 74.8 Å². The first kappa shape index (κ1) is 44.7. The van der Waals surface area contributed by atoms with Crippen molar-refractivity contribution in [3.63, 3.8) is 0 Å². The Balaban J connectivity index is 1.60. The minimum atomic E-state index is -0.339. The molecule has 0 spiro atoms. The molecule has 2 aliphatic rings. The van der Waals surface area contributed by atoms with Gasteiger partial charge in [0.1, 0.15) is 0 Å². The van der Waals surface area contributed by atoms with Gasteiger partial charge in [-0.05, 0) is 81.5 Å². The van der Waals surface area contributed by atoms with Crippen molar-refractivity contribution in [1.82, 2.24) is 9.80 Å². The van der Waals surface area contributed by atoms with Crippen LogP contribution in [0.5, 0.6) is 0 Å². The van der Waals surface area contributed by atoms with E-state index in [0.29, 0.717) is 55.1 Å². The highest BCUT2D eigenvalue weighted by Gasteiger charge is 2.43. The number of amides is 4.